The Morgan fingerprint density at radius 2 is 1.94 bits per heavy atom. The zero-order chi connectivity index (χ0) is 24.5. The molecule has 0 aromatic carbocycles. The fraction of sp³-hybridized carbons (Fsp3) is 0.333. The van der Waals surface area contributed by atoms with Gasteiger partial charge in [0, 0.05) is 45.0 Å². The van der Waals surface area contributed by atoms with Gasteiger partial charge in [-0.2, -0.15) is 20.0 Å². The molecule has 35 heavy (non-hydrogen) atoms. The minimum absolute atomic E-state index is 0.0916. The Morgan fingerprint density at radius 1 is 1.14 bits per heavy atom. The van der Waals surface area contributed by atoms with Crippen molar-refractivity contribution in [3.05, 3.63) is 53.5 Å². The summed E-state index contributed by atoms with van der Waals surface area (Å²) in [5.41, 5.74) is 0.574. The van der Waals surface area contributed by atoms with Gasteiger partial charge >= 0.3 is 6.03 Å². The maximum absolute atomic E-state index is 14.4. The molecule has 5 rings (SSSR count). The summed E-state index contributed by atoms with van der Waals surface area (Å²) < 4.78 is 29.2. The molecule has 2 aliphatic rings. The van der Waals surface area contributed by atoms with Crippen LogP contribution in [-0.2, 0) is 0 Å². The maximum Gasteiger partial charge on any atom is 0.341 e. The third kappa shape index (κ3) is 4.23. The molecule has 1 saturated heterocycles. The van der Waals surface area contributed by atoms with Crippen molar-refractivity contribution in [2.24, 2.45) is 5.10 Å². The number of nitrogens with zero attached hydrogens (tertiary/aromatic N) is 11. The lowest BCUT2D eigenvalue weighted by Crippen LogP contribution is -2.52. The van der Waals surface area contributed by atoms with E-state index in [1.54, 1.807) is 18.0 Å². The normalized spacial score (nSPS) is 17.7. The highest BCUT2D eigenvalue weighted by molar-refractivity contribution is 5.78. The first kappa shape index (κ1) is 22.3. The van der Waals surface area contributed by atoms with Crippen molar-refractivity contribution in [2.45, 2.75) is 19.4 Å². The molecule has 2 aliphatic heterocycles. The van der Waals surface area contributed by atoms with Crippen molar-refractivity contribution in [3.8, 4) is 11.9 Å². The van der Waals surface area contributed by atoms with E-state index in [0.717, 1.165) is 17.1 Å². The number of halogens is 2. The van der Waals surface area contributed by atoms with Gasteiger partial charge in [-0.15, -0.1) is 5.10 Å². The van der Waals surface area contributed by atoms with Crippen molar-refractivity contribution in [2.75, 3.05) is 31.1 Å². The Hall–Kier alpha value is -4.54. The Balaban J connectivity index is 1.28. The molecule has 0 aliphatic carbocycles. The van der Waals surface area contributed by atoms with Crippen LogP contribution >= 0.6 is 0 Å². The molecule has 2 amide bonds. The van der Waals surface area contributed by atoms with Crippen LogP contribution in [0.5, 0.6) is 0 Å². The van der Waals surface area contributed by atoms with E-state index in [-0.39, 0.29) is 23.6 Å². The van der Waals surface area contributed by atoms with E-state index in [0.29, 0.717) is 44.0 Å². The maximum atomic E-state index is 14.4. The van der Waals surface area contributed by atoms with Crippen LogP contribution < -0.4 is 4.90 Å². The second-order valence-electron chi connectivity index (χ2n) is 7.94. The zero-order valence-corrected chi connectivity index (χ0v) is 18.6. The molecule has 178 valence electrons. The number of aryl methyl sites for hydroxylation is 1. The van der Waals surface area contributed by atoms with Gasteiger partial charge in [0.1, 0.15) is 17.7 Å². The summed E-state index contributed by atoms with van der Waals surface area (Å²) in [4.78, 5) is 32.8. The summed E-state index contributed by atoms with van der Waals surface area (Å²) in [7, 11) is 0. The molecule has 0 radical (unpaired) electrons. The second kappa shape index (κ2) is 9.01. The number of aromatic nitrogens is 6. The Kier molecular flexibility index (Phi) is 5.73. The SMILES string of the molecule is Cc1nc(C#N)nn1-c1nc(N2CCN(C(=O)N3N=CCC3c3cncc(F)c3)CC2)ncc1F. The van der Waals surface area contributed by atoms with Gasteiger partial charge in [-0.3, -0.25) is 4.98 Å². The third-order valence-electron chi connectivity index (χ3n) is 5.75. The predicted molar refractivity (Wildman–Crippen MR) is 117 cm³/mol. The molecule has 1 unspecified atom stereocenters. The first-order valence-corrected chi connectivity index (χ1v) is 10.8. The molecule has 0 saturated carbocycles. The van der Waals surface area contributed by atoms with E-state index in [1.807, 2.05) is 11.0 Å². The smallest absolute Gasteiger partial charge is 0.337 e. The zero-order valence-electron chi connectivity index (χ0n) is 18.6. The monoisotopic (exact) mass is 479 g/mol. The van der Waals surface area contributed by atoms with Crippen molar-refractivity contribution in [1.29, 1.82) is 5.26 Å². The summed E-state index contributed by atoms with van der Waals surface area (Å²) in [6.07, 6.45) is 5.78. The van der Waals surface area contributed by atoms with Crippen molar-refractivity contribution in [3.63, 3.8) is 0 Å². The van der Waals surface area contributed by atoms with Crippen LogP contribution in [0.1, 0.15) is 29.7 Å². The lowest BCUT2D eigenvalue weighted by Gasteiger charge is -2.37. The number of urea groups is 1. The molecule has 5 heterocycles. The van der Waals surface area contributed by atoms with Gasteiger partial charge in [0.15, 0.2) is 11.6 Å². The van der Waals surface area contributed by atoms with Crippen LogP contribution in [0.3, 0.4) is 0 Å². The van der Waals surface area contributed by atoms with Gasteiger partial charge < -0.3 is 9.80 Å². The van der Waals surface area contributed by atoms with Gasteiger partial charge in [-0.1, -0.05) is 0 Å². The van der Waals surface area contributed by atoms with E-state index in [4.69, 9.17) is 5.26 Å². The standard InChI is InChI=1S/C21H19F2N11O/c1-13-28-18(9-24)30-33(13)19-16(23)12-26-20(29-19)31-4-6-32(7-5-31)21(35)34-17(2-3-27-34)14-8-15(22)11-25-10-14/h3,8,10-12,17H,2,4-7H2,1H3. The van der Waals surface area contributed by atoms with Gasteiger partial charge in [-0.25, -0.2) is 28.6 Å². The molecule has 1 fully saturated rings. The number of piperazine rings is 1. The molecule has 0 bridgehead atoms. The first-order valence-electron chi connectivity index (χ1n) is 10.8. The average molecular weight is 479 g/mol. The third-order valence-corrected chi connectivity index (χ3v) is 5.75. The van der Waals surface area contributed by atoms with Crippen LogP contribution in [0.4, 0.5) is 19.5 Å². The van der Waals surface area contributed by atoms with Crippen LogP contribution in [0.2, 0.25) is 0 Å². The van der Waals surface area contributed by atoms with Crippen LogP contribution in [-0.4, -0.2) is 78.0 Å². The van der Waals surface area contributed by atoms with E-state index >= 15 is 0 Å². The van der Waals surface area contributed by atoms with Crippen molar-refractivity contribution >= 4 is 18.2 Å². The van der Waals surface area contributed by atoms with Crippen molar-refractivity contribution < 1.29 is 13.6 Å². The number of anilines is 1. The van der Waals surface area contributed by atoms with E-state index < -0.39 is 17.7 Å². The highest BCUT2D eigenvalue weighted by Gasteiger charge is 2.34. The second-order valence-corrected chi connectivity index (χ2v) is 7.94. The summed E-state index contributed by atoms with van der Waals surface area (Å²) in [6.45, 7) is 3.11. The Bertz CT molecular complexity index is 1340. The van der Waals surface area contributed by atoms with Crippen LogP contribution in [0.25, 0.3) is 5.82 Å². The Morgan fingerprint density at radius 3 is 2.66 bits per heavy atom. The number of hydrogen-bond acceptors (Lipinski definition) is 9. The number of nitriles is 1. The summed E-state index contributed by atoms with van der Waals surface area (Å²) >= 11 is 0. The first-order chi connectivity index (χ1) is 16.9. The number of carbonyl (C=O) groups excluding carboxylic acids is 1. The predicted octanol–water partition coefficient (Wildman–Crippen LogP) is 1.59. The number of pyridine rings is 1. The number of amides is 2. The van der Waals surface area contributed by atoms with E-state index in [1.165, 1.54) is 17.3 Å². The summed E-state index contributed by atoms with van der Waals surface area (Å²) in [5.74, 6) is -0.799. The Labute approximate surface area is 198 Å². The largest absolute Gasteiger partial charge is 0.341 e. The quantitative estimate of drug-likeness (QED) is 0.553. The molecule has 0 N–H and O–H groups in total. The molecule has 0 spiro atoms. The summed E-state index contributed by atoms with van der Waals surface area (Å²) in [6, 6.07) is 2.45. The van der Waals surface area contributed by atoms with Gasteiger partial charge in [0.2, 0.25) is 5.95 Å². The van der Waals surface area contributed by atoms with Crippen LogP contribution in [0.15, 0.2) is 29.8 Å². The van der Waals surface area contributed by atoms with Crippen LogP contribution in [0, 0.1) is 29.9 Å². The molecule has 3 aromatic rings. The molecule has 14 heteroatoms. The highest BCUT2D eigenvalue weighted by Crippen LogP contribution is 2.29. The summed E-state index contributed by atoms with van der Waals surface area (Å²) in [5, 5.41) is 18.5. The fourth-order valence-electron chi connectivity index (χ4n) is 4.02. The number of rotatable bonds is 3. The molecular formula is C21H19F2N11O. The minimum atomic E-state index is -0.704. The number of carbonyl (C=O) groups is 1. The molecule has 3 aromatic heterocycles. The van der Waals surface area contributed by atoms with E-state index in [2.05, 4.69) is 30.1 Å². The topological polar surface area (TPSA) is 132 Å². The van der Waals surface area contributed by atoms with Gasteiger partial charge in [0.05, 0.1) is 18.4 Å². The fourth-order valence-corrected chi connectivity index (χ4v) is 4.02. The lowest BCUT2D eigenvalue weighted by molar-refractivity contribution is 0.139. The average Bonchev–Trinajstić information content (AvgIpc) is 3.51. The van der Waals surface area contributed by atoms with Gasteiger partial charge in [0.25, 0.3) is 5.82 Å². The molecule has 1 atom stereocenters. The molecule has 12 nitrogen and oxygen atoms in total. The molecular weight excluding hydrogens is 460 g/mol. The lowest BCUT2D eigenvalue weighted by atomic mass is 10.1. The van der Waals surface area contributed by atoms with E-state index in [9.17, 15) is 13.6 Å². The number of hydrogen-bond donors (Lipinski definition) is 0. The number of hydrazone groups is 1. The highest BCUT2D eigenvalue weighted by atomic mass is 19.1. The minimum Gasteiger partial charge on any atom is -0.337 e. The van der Waals surface area contributed by atoms with Crippen molar-refractivity contribution in [1.82, 2.24) is 39.6 Å². The van der Waals surface area contributed by atoms with Gasteiger partial charge in [-0.05, 0) is 18.6 Å².